The quantitative estimate of drug-likeness (QED) is 0.846. The van der Waals surface area contributed by atoms with Gasteiger partial charge >= 0.3 is 0 Å². The van der Waals surface area contributed by atoms with Gasteiger partial charge in [-0.2, -0.15) is 0 Å². The van der Waals surface area contributed by atoms with Gasteiger partial charge < -0.3 is 15.8 Å². The van der Waals surface area contributed by atoms with E-state index in [2.05, 4.69) is 5.32 Å². The zero-order valence-corrected chi connectivity index (χ0v) is 13.6. The summed E-state index contributed by atoms with van der Waals surface area (Å²) in [6.45, 7) is 6.70. The molecule has 2 unspecified atom stereocenters. The third-order valence-corrected chi connectivity index (χ3v) is 3.10. The second kappa shape index (κ2) is 9.06. The molecule has 1 amide bonds. The van der Waals surface area contributed by atoms with E-state index in [1.807, 2.05) is 26.0 Å². The molecule has 0 heterocycles. The van der Waals surface area contributed by atoms with Gasteiger partial charge in [0.25, 0.3) is 5.91 Å². The summed E-state index contributed by atoms with van der Waals surface area (Å²) in [4.78, 5) is 11.8. The van der Waals surface area contributed by atoms with Crippen molar-refractivity contribution in [3.63, 3.8) is 0 Å². The molecule has 4 nitrogen and oxygen atoms in total. The Labute approximate surface area is 131 Å². The first kappa shape index (κ1) is 19.0. The molecule has 0 radical (unpaired) electrons. The SMILES string of the molecule is Cc1ccc(Cl)c(OC(C)C(=O)NCC(C)CN)c1.Cl. The molecule has 0 bridgehead atoms. The van der Waals surface area contributed by atoms with Crippen molar-refractivity contribution in [1.82, 2.24) is 5.32 Å². The first-order valence-electron chi connectivity index (χ1n) is 6.34. The Hall–Kier alpha value is -0.970. The summed E-state index contributed by atoms with van der Waals surface area (Å²) in [5.41, 5.74) is 6.53. The third kappa shape index (κ3) is 5.99. The molecule has 0 saturated heterocycles. The van der Waals surface area contributed by atoms with Crippen molar-refractivity contribution in [3.8, 4) is 5.75 Å². The molecule has 0 aliphatic rings. The number of amides is 1. The first-order chi connectivity index (χ1) is 8.93. The maximum absolute atomic E-state index is 11.8. The monoisotopic (exact) mass is 320 g/mol. The molecule has 20 heavy (non-hydrogen) atoms. The van der Waals surface area contributed by atoms with Crippen LogP contribution in [0.15, 0.2) is 18.2 Å². The summed E-state index contributed by atoms with van der Waals surface area (Å²) in [6, 6.07) is 5.46. The van der Waals surface area contributed by atoms with E-state index in [-0.39, 0.29) is 24.2 Å². The van der Waals surface area contributed by atoms with Gasteiger partial charge in [-0.05, 0) is 44.0 Å². The van der Waals surface area contributed by atoms with Crippen LogP contribution < -0.4 is 15.8 Å². The average molecular weight is 321 g/mol. The van der Waals surface area contributed by atoms with Gasteiger partial charge in [0, 0.05) is 6.54 Å². The summed E-state index contributed by atoms with van der Waals surface area (Å²) in [5.74, 6) is 0.604. The summed E-state index contributed by atoms with van der Waals surface area (Å²) >= 11 is 6.02. The fourth-order valence-corrected chi connectivity index (χ4v) is 1.61. The number of benzene rings is 1. The summed E-state index contributed by atoms with van der Waals surface area (Å²) < 4.78 is 5.58. The van der Waals surface area contributed by atoms with Crippen LogP contribution in [0.25, 0.3) is 0 Å². The van der Waals surface area contributed by atoms with Gasteiger partial charge in [0.2, 0.25) is 0 Å². The molecule has 1 aromatic carbocycles. The number of carbonyl (C=O) groups excluding carboxylic acids is 1. The number of ether oxygens (including phenoxy) is 1. The molecule has 6 heteroatoms. The highest BCUT2D eigenvalue weighted by Crippen LogP contribution is 2.26. The van der Waals surface area contributed by atoms with Crippen LogP contribution in [0.3, 0.4) is 0 Å². The number of halogens is 2. The standard InChI is InChI=1S/C14H21ClN2O2.ClH/c1-9-4-5-12(15)13(6-9)19-11(3)14(18)17-8-10(2)7-16;/h4-6,10-11H,7-8,16H2,1-3H3,(H,17,18);1H. The minimum absolute atomic E-state index is 0. The Bertz CT molecular complexity index is 441. The minimum Gasteiger partial charge on any atom is -0.479 e. The predicted molar refractivity (Wildman–Crippen MR) is 84.8 cm³/mol. The number of carbonyl (C=O) groups is 1. The largest absolute Gasteiger partial charge is 0.479 e. The molecule has 114 valence electrons. The van der Waals surface area contributed by atoms with Crippen LogP contribution in [0.2, 0.25) is 5.02 Å². The van der Waals surface area contributed by atoms with Crippen molar-refractivity contribution in [1.29, 1.82) is 0 Å². The van der Waals surface area contributed by atoms with E-state index in [1.54, 1.807) is 13.0 Å². The molecule has 3 N–H and O–H groups in total. The van der Waals surface area contributed by atoms with Crippen LogP contribution in [0, 0.1) is 12.8 Å². The minimum atomic E-state index is -0.593. The van der Waals surface area contributed by atoms with Crippen LogP contribution in [-0.4, -0.2) is 25.1 Å². The van der Waals surface area contributed by atoms with Crippen molar-refractivity contribution >= 4 is 29.9 Å². The zero-order valence-electron chi connectivity index (χ0n) is 12.0. The van der Waals surface area contributed by atoms with Crippen LogP contribution in [0.1, 0.15) is 19.4 Å². The second-order valence-corrected chi connectivity index (χ2v) is 5.19. The van der Waals surface area contributed by atoms with E-state index in [4.69, 9.17) is 22.1 Å². The van der Waals surface area contributed by atoms with E-state index < -0.39 is 6.10 Å². The van der Waals surface area contributed by atoms with Gasteiger partial charge in [0.05, 0.1) is 5.02 Å². The normalized spacial score (nSPS) is 13.1. The number of nitrogens with one attached hydrogen (secondary N) is 1. The van der Waals surface area contributed by atoms with Crippen LogP contribution >= 0.6 is 24.0 Å². The number of nitrogens with two attached hydrogens (primary N) is 1. The van der Waals surface area contributed by atoms with Crippen LogP contribution in [0.4, 0.5) is 0 Å². The first-order valence-corrected chi connectivity index (χ1v) is 6.72. The molecule has 0 aliphatic heterocycles. The van der Waals surface area contributed by atoms with E-state index >= 15 is 0 Å². The van der Waals surface area contributed by atoms with Gasteiger partial charge in [0.15, 0.2) is 6.10 Å². The Morgan fingerprint density at radius 1 is 1.45 bits per heavy atom. The van der Waals surface area contributed by atoms with E-state index in [9.17, 15) is 4.79 Å². The number of hydrogen-bond acceptors (Lipinski definition) is 3. The average Bonchev–Trinajstić information content (AvgIpc) is 2.39. The Morgan fingerprint density at radius 3 is 2.70 bits per heavy atom. The van der Waals surface area contributed by atoms with Crippen LogP contribution in [-0.2, 0) is 4.79 Å². The lowest BCUT2D eigenvalue weighted by Gasteiger charge is -2.17. The lowest BCUT2D eigenvalue weighted by atomic mass is 10.2. The number of aryl methyl sites for hydroxylation is 1. The molecule has 1 rings (SSSR count). The molecule has 0 spiro atoms. The molecule has 2 atom stereocenters. The molecular weight excluding hydrogens is 299 g/mol. The molecule has 0 saturated carbocycles. The van der Waals surface area contributed by atoms with Gasteiger partial charge in [-0.25, -0.2) is 0 Å². The Balaban J connectivity index is 0.00000361. The zero-order chi connectivity index (χ0) is 14.4. The molecule has 0 aromatic heterocycles. The molecule has 0 aliphatic carbocycles. The van der Waals surface area contributed by atoms with Crippen molar-refractivity contribution < 1.29 is 9.53 Å². The van der Waals surface area contributed by atoms with Gasteiger partial charge in [0.1, 0.15) is 5.75 Å². The Kier molecular flexibility index (Phi) is 8.62. The highest BCUT2D eigenvalue weighted by molar-refractivity contribution is 6.32. The van der Waals surface area contributed by atoms with Gasteiger partial charge in [-0.1, -0.05) is 24.6 Å². The highest BCUT2D eigenvalue weighted by atomic mass is 35.5. The molecular formula is C14H22Cl2N2O2. The summed E-state index contributed by atoms with van der Waals surface area (Å²) in [5, 5.41) is 3.30. The van der Waals surface area contributed by atoms with Crippen LogP contribution in [0.5, 0.6) is 5.75 Å². The third-order valence-electron chi connectivity index (χ3n) is 2.79. The lowest BCUT2D eigenvalue weighted by molar-refractivity contribution is -0.127. The molecule has 1 aromatic rings. The summed E-state index contributed by atoms with van der Waals surface area (Å²) in [7, 11) is 0. The lowest BCUT2D eigenvalue weighted by Crippen LogP contribution is -2.39. The fourth-order valence-electron chi connectivity index (χ4n) is 1.45. The van der Waals surface area contributed by atoms with Gasteiger partial charge in [-0.3, -0.25) is 4.79 Å². The number of hydrogen-bond donors (Lipinski definition) is 2. The van der Waals surface area contributed by atoms with E-state index in [1.165, 1.54) is 0 Å². The maximum Gasteiger partial charge on any atom is 0.260 e. The topological polar surface area (TPSA) is 64.3 Å². The van der Waals surface area contributed by atoms with Crippen molar-refractivity contribution in [3.05, 3.63) is 28.8 Å². The fraction of sp³-hybridized carbons (Fsp3) is 0.500. The maximum atomic E-state index is 11.8. The summed E-state index contributed by atoms with van der Waals surface area (Å²) in [6.07, 6.45) is -0.593. The van der Waals surface area contributed by atoms with E-state index in [0.29, 0.717) is 23.9 Å². The highest BCUT2D eigenvalue weighted by Gasteiger charge is 2.16. The Morgan fingerprint density at radius 2 is 2.10 bits per heavy atom. The van der Waals surface area contributed by atoms with Crippen molar-refractivity contribution in [2.75, 3.05) is 13.1 Å². The van der Waals surface area contributed by atoms with Crippen molar-refractivity contribution in [2.24, 2.45) is 11.7 Å². The second-order valence-electron chi connectivity index (χ2n) is 4.78. The van der Waals surface area contributed by atoms with Gasteiger partial charge in [-0.15, -0.1) is 12.4 Å². The number of rotatable bonds is 6. The van der Waals surface area contributed by atoms with Crippen molar-refractivity contribution in [2.45, 2.75) is 26.9 Å². The van der Waals surface area contributed by atoms with E-state index in [0.717, 1.165) is 5.56 Å². The molecule has 0 fully saturated rings. The smallest absolute Gasteiger partial charge is 0.260 e. The predicted octanol–water partition coefficient (Wildman–Crippen LogP) is 2.55.